The van der Waals surface area contributed by atoms with Gasteiger partial charge in [0.05, 0.1) is 35.8 Å². The first-order chi connectivity index (χ1) is 20.8. The normalized spacial score (nSPS) is 21.4. The molecule has 1 aliphatic heterocycles. The topological polar surface area (TPSA) is 124 Å². The van der Waals surface area contributed by atoms with Gasteiger partial charge in [-0.15, -0.1) is 0 Å². The Hall–Kier alpha value is -4.51. The summed E-state index contributed by atoms with van der Waals surface area (Å²) in [6.45, 7) is 1.44. The molecular formula is C32H32FN7O3. The quantitative estimate of drug-likeness (QED) is 0.284. The average molecular weight is 582 g/mol. The molecule has 5 heterocycles. The van der Waals surface area contributed by atoms with Gasteiger partial charge < -0.3 is 29.6 Å². The molecule has 1 aromatic carbocycles. The molecule has 3 N–H and O–H groups in total. The van der Waals surface area contributed by atoms with Gasteiger partial charge in [-0.1, -0.05) is 0 Å². The number of ether oxygens (including phenoxy) is 1. The molecule has 0 radical (unpaired) electrons. The number of nitrogens with zero attached hydrogens (tertiary/aromatic N) is 6. The number of amides is 1. The number of aromatic nitrogens is 5. The summed E-state index contributed by atoms with van der Waals surface area (Å²) >= 11 is 0. The van der Waals surface area contributed by atoms with Crippen molar-refractivity contribution in [2.45, 2.75) is 44.3 Å². The van der Waals surface area contributed by atoms with Crippen molar-refractivity contribution in [3.8, 4) is 34.3 Å². The largest absolute Gasteiger partial charge is 0.506 e. The number of hydrogen-bond acceptors (Lipinski definition) is 7. The molecular weight excluding hydrogens is 549 g/mol. The van der Waals surface area contributed by atoms with Crippen LogP contribution in [0.25, 0.3) is 44.8 Å². The maximum Gasteiger partial charge on any atom is 0.254 e. The van der Waals surface area contributed by atoms with Crippen LogP contribution in [0.2, 0.25) is 0 Å². The highest BCUT2D eigenvalue weighted by molar-refractivity contribution is 6.00. The minimum Gasteiger partial charge on any atom is -0.506 e. The molecule has 220 valence electrons. The number of rotatable bonds is 6. The number of aromatic hydroxyl groups is 1. The zero-order valence-electron chi connectivity index (χ0n) is 24.0. The fraction of sp³-hybridized carbons (Fsp3) is 0.375. The van der Waals surface area contributed by atoms with Crippen LogP contribution >= 0.6 is 0 Å². The summed E-state index contributed by atoms with van der Waals surface area (Å²) in [6.07, 6.45) is 5.36. The number of carbonyl (C=O) groups is 1. The van der Waals surface area contributed by atoms with Crippen molar-refractivity contribution in [1.29, 1.82) is 0 Å². The second-order valence-electron chi connectivity index (χ2n) is 12.2. The van der Waals surface area contributed by atoms with Crippen LogP contribution in [0.15, 0.2) is 42.6 Å². The van der Waals surface area contributed by atoms with Crippen molar-refractivity contribution in [2.24, 2.45) is 24.6 Å². The molecule has 1 saturated heterocycles. The molecule has 2 saturated carbocycles. The van der Waals surface area contributed by atoms with Gasteiger partial charge in [-0.3, -0.25) is 4.79 Å². The molecule has 3 atom stereocenters. The van der Waals surface area contributed by atoms with Gasteiger partial charge in [0, 0.05) is 43.2 Å². The fourth-order valence-corrected chi connectivity index (χ4v) is 7.09. The van der Waals surface area contributed by atoms with Gasteiger partial charge in [0.2, 0.25) is 5.95 Å². The van der Waals surface area contributed by atoms with E-state index in [4.69, 9.17) is 20.4 Å². The lowest BCUT2D eigenvalue weighted by atomic mass is 10.1. The lowest BCUT2D eigenvalue weighted by Gasteiger charge is -2.27. The molecule has 8 rings (SSSR count). The van der Waals surface area contributed by atoms with E-state index in [-0.39, 0.29) is 29.3 Å². The Bertz CT molecular complexity index is 1940. The van der Waals surface area contributed by atoms with Gasteiger partial charge in [0.25, 0.3) is 5.91 Å². The van der Waals surface area contributed by atoms with E-state index in [1.54, 1.807) is 19.2 Å². The van der Waals surface area contributed by atoms with E-state index in [9.17, 15) is 14.3 Å². The molecule has 11 heteroatoms. The van der Waals surface area contributed by atoms with Crippen LogP contribution < -0.4 is 10.5 Å². The van der Waals surface area contributed by atoms with E-state index >= 15 is 0 Å². The summed E-state index contributed by atoms with van der Waals surface area (Å²) in [6, 6.07) is 10.8. The average Bonchev–Trinajstić information content (AvgIpc) is 3.41. The summed E-state index contributed by atoms with van der Waals surface area (Å²) in [5.74, 6) is 1.32. The van der Waals surface area contributed by atoms with E-state index in [1.807, 2.05) is 34.7 Å². The highest BCUT2D eigenvalue weighted by Gasteiger charge is 2.47. The molecule has 4 aromatic heterocycles. The van der Waals surface area contributed by atoms with Crippen molar-refractivity contribution < 1.29 is 19.0 Å². The van der Waals surface area contributed by atoms with Gasteiger partial charge in [-0.2, -0.15) is 4.39 Å². The summed E-state index contributed by atoms with van der Waals surface area (Å²) in [7, 11) is 3.55. The standard InChI is InChI=1S/C32H32FN7O3/c1-38-28-23(9-19(11-26(28)43-2)32(42)40-15-18-6-8-24(40)27(18)34)37-31(38)25-10-17-5-7-22(21-12-20(41)13-35-29(21)33)36-30(17)39(25)14-16-3-4-16/h5,7,9-13,16,18,24,27,41H,3-4,6,8,14-15,34H2,1-2H3. The van der Waals surface area contributed by atoms with Crippen molar-refractivity contribution in [1.82, 2.24) is 29.0 Å². The van der Waals surface area contributed by atoms with Crippen LogP contribution in [0, 0.1) is 17.8 Å². The number of piperidine rings is 1. The third kappa shape index (κ3) is 4.09. The van der Waals surface area contributed by atoms with E-state index in [0.717, 1.165) is 55.0 Å². The third-order valence-corrected chi connectivity index (χ3v) is 9.53. The number of halogens is 1. The maximum absolute atomic E-state index is 14.6. The number of aryl methyl sites for hydroxylation is 1. The highest BCUT2D eigenvalue weighted by atomic mass is 19.1. The zero-order chi connectivity index (χ0) is 29.6. The first-order valence-electron chi connectivity index (χ1n) is 14.8. The smallest absolute Gasteiger partial charge is 0.254 e. The summed E-state index contributed by atoms with van der Waals surface area (Å²) < 4.78 is 24.6. The van der Waals surface area contributed by atoms with E-state index < -0.39 is 5.95 Å². The summed E-state index contributed by atoms with van der Waals surface area (Å²) in [4.78, 5) is 29.1. The Morgan fingerprint density at radius 2 is 1.98 bits per heavy atom. The number of likely N-dealkylation sites (tertiary alicyclic amines) is 1. The van der Waals surface area contributed by atoms with Gasteiger partial charge >= 0.3 is 0 Å². The molecule has 3 aliphatic rings. The Morgan fingerprint density at radius 1 is 1.14 bits per heavy atom. The van der Waals surface area contributed by atoms with Crippen LogP contribution in [0.5, 0.6) is 11.5 Å². The van der Waals surface area contributed by atoms with E-state index in [2.05, 4.69) is 9.55 Å². The zero-order valence-corrected chi connectivity index (χ0v) is 24.0. The molecule has 2 aliphatic carbocycles. The Morgan fingerprint density at radius 3 is 2.70 bits per heavy atom. The molecule has 2 bridgehead atoms. The molecule has 10 nitrogen and oxygen atoms in total. The number of benzene rings is 1. The summed E-state index contributed by atoms with van der Waals surface area (Å²) in [5.41, 5.74) is 10.5. The van der Waals surface area contributed by atoms with Gasteiger partial charge in [-0.25, -0.2) is 15.0 Å². The molecule has 43 heavy (non-hydrogen) atoms. The van der Waals surface area contributed by atoms with Crippen LogP contribution in [-0.4, -0.2) is 65.7 Å². The number of carbonyl (C=O) groups excluding carboxylic acids is 1. The first kappa shape index (κ1) is 26.1. The lowest BCUT2D eigenvalue weighted by molar-refractivity contribution is 0.0700. The van der Waals surface area contributed by atoms with Crippen LogP contribution in [0.4, 0.5) is 4.39 Å². The highest BCUT2D eigenvalue weighted by Crippen LogP contribution is 2.40. The maximum atomic E-state index is 14.6. The van der Waals surface area contributed by atoms with Gasteiger partial charge in [0.1, 0.15) is 22.7 Å². The van der Waals surface area contributed by atoms with Crippen LogP contribution in [0.3, 0.4) is 0 Å². The third-order valence-electron chi connectivity index (χ3n) is 9.53. The monoisotopic (exact) mass is 581 g/mol. The number of hydrogen-bond donors (Lipinski definition) is 2. The number of pyridine rings is 2. The predicted molar refractivity (Wildman–Crippen MR) is 159 cm³/mol. The predicted octanol–water partition coefficient (Wildman–Crippen LogP) is 4.48. The molecule has 1 amide bonds. The first-order valence-corrected chi connectivity index (χ1v) is 14.8. The SMILES string of the molecule is COc1cc(C(=O)N2CC3CCC2C3N)cc2nc(-c3cc4ccc(-c5cc(O)cnc5F)nc4n3CC3CC3)n(C)c12. The molecule has 5 aromatic rings. The molecule has 0 spiro atoms. The second-order valence-corrected chi connectivity index (χ2v) is 12.2. The molecule has 3 fully saturated rings. The number of fused-ring (bicyclic) bond motifs is 4. The van der Waals surface area contributed by atoms with E-state index in [0.29, 0.717) is 52.4 Å². The number of imidazole rings is 1. The minimum absolute atomic E-state index is 0.0386. The van der Waals surface area contributed by atoms with Crippen molar-refractivity contribution in [3.05, 3.63) is 54.1 Å². The van der Waals surface area contributed by atoms with Crippen LogP contribution in [0.1, 0.15) is 36.0 Å². The van der Waals surface area contributed by atoms with Crippen molar-refractivity contribution >= 4 is 28.0 Å². The Kier molecular flexibility index (Phi) is 5.78. The minimum atomic E-state index is -0.693. The Labute approximate surface area is 246 Å². The van der Waals surface area contributed by atoms with Crippen molar-refractivity contribution in [2.75, 3.05) is 13.7 Å². The lowest BCUT2D eigenvalue weighted by Crippen LogP contribution is -2.41. The van der Waals surface area contributed by atoms with Crippen molar-refractivity contribution in [3.63, 3.8) is 0 Å². The van der Waals surface area contributed by atoms with Gasteiger partial charge in [0.15, 0.2) is 5.82 Å². The fourth-order valence-electron chi connectivity index (χ4n) is 7.09. The number of nitrogens with two attached hydrogens (primary N) is 1. The second kappa shape index (κ2) is 9.50. The van der Waals surface area contributed by atoms with Crippen LogP contribution in [-0.2, 0) is 13.6 Å². The number of methoxy groups -OCH3 is 1. The Balaban J connectivity index is 1.25. The van der Waals surface area contributed by atoms with E-state index in [1.165, 1.54) is 6.07 Å². The molecule has 3 unspecified atom stereocenters. The van der Waals surface area contributed by atoms with Gasteiger partial charge in [-0.05, 0) is 73.9 Å². The summed E-state index contributed by atoms with van der Waals surface area (Å²) in [5, 5.41) is 10.8.